The maximum Gasteiger partial charge on any atom is 0.286 e. The molecule has 0 radical (unpaired) electrons. The van der Waals surface area contributed by atoms with Crippen molar-refractivity contribution >= 4 is 114 Å². The van der Waals surface area contributed by atoms with Crippen molar-refractivity contribution in [2.45, 2.75) is 302 Å². The van der Waals surface area contributed by atoms with Crippen LogP contribution < -0.4 is 21.3 Å². The van der Waals surface area contributed by atoms with E-state index in [1.807, 2.05) is 24.3 Å². The molecule has 4 N–H and O–H groups in total. The Morgan fingerprint density at radius 3 is 0.750 bits per heavy atom. The number of ether oxygens (including phenoxy) is 4. The number of nitrogens with one attached hydrogen (secondary N) is 4. The number of hydrogen-bond acceptors (Lipinski definition) is 16. The summed E-state index contributed by atoms with van der Waals surface area (Å²) in [5, 5.41) is 8.69. The minimum Gasteiger partial charge on any atom is -0.340 e. The van der Waals surface area contributed by atoms with Gasteiger partial charge in [-0.1, -0.05) is 368 Å². The van der Waals surface area contributed by atoms with E-state index in [1.54, 1.807) is 0 Å². The Balaban J connectivity index is 0.000000131. The molecule has 18 rings (SSSR count). The number of hydrogen-bond donors (Lipinski definition) is 4. The minimum atomic E-state index is -0.930. The summed E-state index contributed by atoms with van der Waals surface area (Å²) < 4.78 is 26.4. The third-order valence-electron chi connectivity index (χ3n) is 29.8. The molecule has 6 saturated heterocycles. The molecule has 6 fully saturated rings. The van der Waals surface area contributed by atoms with Gasteiger partial charge in [-0.3, -0.25) is 39.4 Å². The van der Waals surface area contributed by atoms with E-state index in [-0.39, 0.29) is 109 Å². The molecule has 676 valence electrons. The van der Waals surface area contributed by atoms with Gasteiger partial charge in [0.25, 0.3) is 10.5 Å². The second kappa shape index (κ2) is 35.7. The lowest BCUT2D eigenvalue weighted by atomic mass is 9.62. The van der Waals surface area contributed by atoms with E-state index in [2.05, 4.69) is 305 Å². The summed E-state index contributed by atoms with van der Waals surface area (Å²) in [5.74, 6) is -2.20. The molecule has 0 bridgehead atoms. The average molecular weight is 1830 g/mol. The molecule has 10 aliphatic rings. The number of benzene rings is 8. The van der Waals surface area contributed by atoms with E-state index in [9.17, 15) is 28.8 Å². The van der Waals surface area contributed by atoms with Crippen LogP contribution in [0.25, 0.3) is 0 Å². The molecule has 8 aromatic rings. The molecule has 6 aliphatic heterocycles. The highest BCUT2D eigenvalue weighted by Gasteiger charge is 2.49. The highest BCUT2D eigenvalue weighted by molar-refractivity contribution is 8.24. The lowest BCUT2D eigenvalue weighted by molar-refractivity contribution is -0.130. The maximum atomic E-state index is 12.1. The Morgan fingerprint density at radius 1 is 0.281 bits per heavy atom. The van der Waals surface area contributed by atoms with Crippen LogP contribution in [0.2, 0.25) is 0 Å². The molecule has 128 heavy (non-hydrogen) atoms. The van der Waals surface area contributed by atoms with Crippen molar-refractivity contribution in [3.63, 3.8) is 0 Å². The molecular weight excluding hydrogens is 1710 g/mol. The normalized spacial score (nSPS) is 23.7. The second-order valence-corrected chi connectivity index (χ2v) is 49.2. The summed E-state index contributed by atoms with van der Waals surface area (Å²) in [6, 6.07) is 61.4. The van der Waals surface area contributed by atoms with Crippen molar-refractivity contribution in [1.82, 2.24) is 21.3 Å². The summed E-state index contributed by atoms with van der Waals surface area (Å²) in [4.78, 5) is 70.7. The fourth-order valence-corrected chi connectivity index (χ4v) is 24.8. The number of carbonyl (C=O) groups is 6. The van der Waals surface area contributed by atoms with Crippen molar-refractivity contribution in [3.8, 4) is 0 Å². The van der Waals surface area contributed by atoms with Gasteiger partial charge < -0.3 is 29.6 Å². The summed E-state index contributed by atoms with van der Waals surface area (Å²) in [7, 11) is 0. The van der Waals surface area contributed by atoms with Gasteiger partial charge in [-0.15, -0.1) is 0 Å². The van der Waals surface area contributed by atoms with Gasteiger partial charge in [0.05, 0.1) is 47.4 Å². The van der Waals surface area contributed by atoms with Gasteiger partial charge in [-0.25, -0.2) is 0 Å². The summed E-state index contributed by atoms with van der Waals surface area (Å²) in [6.07, 6.45) is 12.0. The fourth-order valence-electron chi connectivity index (χ4n) is 20.5. The van der Waals surface area contributed by atoms with Crippen LogP contribution in [-0.4, -0.2) is 90.2 Å². The topological polar surface area (TPSA) is 187 Å². The van der Waals surface area contributed by atoms with Crippen LogP contribution in [0.5, 0.6) is 0 Å². The SMILES string of the molecule is CC1(C)CCC(C)(C)c2cc(C(C)(C)c3ccc(CC4SC(=O)NC4=O)cc3)ccc21.CC1(C)CCC(C)(C)c2cc(C(C)(C)c3ccc(CC4SC(=S)NC4=O)cc3)ccc21.CC1(C)CCC(C)(C)c2cc(C3(c4ccc(CC5SC(=O)NC5=O)cc4)OCCO3)ccc21.CC1(C)CCC(C)(C)c2cc(C3(c4ccc(CC5SC(=S)NC5=O)cc4)OCCO3)ccc21. The van der Waals surface area contributed by atoms with Gasteiger partial charge in [0, 0.05) is 33.1 Å². The predicted molar refractivity (Wildman–Crippen MR) is 531 cm³/mol. The molecule has 0 spiro atoms. The zero-order valence-corrected chi connectivity index (χ0v) is 83.2. The Labute approximate surface area is 787 Å². The molecule has 20 heteroatoms. The quantitative estimate of drug-likeness (QED) is 0.0669. The Kier molecular flexibility index (Phi) is 26.5. The van der Waals surface area contributed by atoms with Gasteiger partial charge in [-0.2, -0.15) is 0 Å². The van der Waals surface area contributed by atoms with Crippen LogP contribution in [0.3, 0.4) is 0 Å². The Hall–Kier alpha value is -7.60. The zero-order valence-electron chi connectivity index (χ0n) is 78.3. The number of thioether (sulfide) groups is 4. The highest BCUT2D eigenvalue weighted by atomic mass is 32.2. The zero-order chi connectivity index (χ0) is 92.1. The first-order valence-electron chi connectivity index (χ1n) is 45.6. The Morgan fingerprint density at radius 2 is 0.500 bits per heavy atom. The van der Waals surface area contributed by atoms with Crippen LogP contribution in [0, 0.1) is 0 Å². The highest BCUT2D eigenvalue weighted by Crippen LogP contribution is 2.54. The standard InChI is InChI=1S/C27H31NO4S.C27H31NO3S2.C27H33NO2S.C27H33NOS2/c1-25(2)11-12-26(3,4)21-16-19(9-10-20(21)25)27(31-13-14-32-27)18-7-5-17(6-8-18)15-22-23(29)28-24(30)33-22;1-25(2)11-12-26(3,4)21-16-19(9-10-20(21)25)27(30-13-14-31-27)18-7-5-17(6-8-18)15-22-23(29)28-24(32)33-22;2*1-25(2)13-14-26(3,4)21-16-19(11-12-20(21)25)27(5,6)18-9-7-17(8-10-18)15-22-23(29)28-24(30)31-22/h5-10,16,22H,11-15H2,1-4H3,(H,28,29,30);5-10,16,22H,11-15H2,1-4H3,(H,28,29,32);2*7-12,16,22H,13-15H2,1-6H3,(H,28,29,30). The predicted octanol–water partition coefficient (Wildman–Crippen LogP) is 23.2. The van der Waals surface area contributed by atoms with E-state index in [1.165, 1.54) is 134 Å². The first-order chi connectivity index (χ1) is 60.0. The number of carbonyl (C=O) groups excluding carboxylic acids is 6. The van der Waals surface area contributed by atoms with Gasteiger partial charge in [0.2, 0.25) is 35.2 Å². The molecule has 4 aliphatic carbocycles. The lowest BCUT2D eigenvalue weighted by Crippen LogP contribution is -2.35. The van der Waals surface area contributed by atoms with Crippen molar-refractivity contribution in [1.29, 1.82) is 0 Å². The third kappa shape index (κ3) is 19.4. The monoisotopic (exact) mass is 1830 g/mol. The smallest absolute Gasteiger partial charge is 0.286 e. The number of fused-ring (bicyclic) bond motifs is 4. The maximum absolute atomic E-state index is 12.1. The molecule has 4 atom stereocenters. The van der Waals surface area contributed by atoms with Crippen LogP contribution >= 0.6 is 71.5 Å². The first-order valence-corrected chi connectivity index (χ1v) is 50.0. The van der Waals surface area contributed by atoms with Gasteiger partial charge in [0.15, 0.2) is 0 Å². The molecule has 14 nitrogen and oxygen atoms in total. The van der Waals surface area contributed by atoms with E-state index in [0.717, 1.165) is 75.3 Å². The van der Waals surface area contributed by atoms with Gasteiger partial charge in [-0.05, 0) is 222 Å². The van der Waals surface area contributed by atoms with Crippen molar-refractivity contribution in [2.75, 3.05) is 26.4 Å². The molecule has 4 unspecified atom stereocenters. The average Bonchev–Trinajstić information content (AvgIpc) is 1.37. The molecule has 0 saturated carbocycles. The van der Waals surface area contributed by atoms with Crippen molar-refractivity contribution in [3.05, 3.63) is 281 Å². The van der Waals surface area contributed by atoms with Crippen LogP contribution in [0.1, 0.15) is 301 Å². The first kappa shape index (κ1) is 95.0. The van der Waals surface area contributed by atoms with E-state index in [0.29, 0.717) is 60.8 Å². The fraction of sp³-hybridized carbons (Fsp3) is 0.481. The largest absolute Gasteiger partial charge is 0.340 e. The van der Waals surface area contributed by atoms with E-state index in [4.69, 9.17) is 43.4 Å². The molecule has 6 heterocycles. The summed E-state index contributed by atoms with van der Waals surface area (Å²) >= 11 is 15.3. The van der Waals surface area contributed by atoms with Crippen LogP contribution in [0.15, 0.2) is 170 Å². The van der Waals surface area contributed by atoms with Crippen molar-refractivity contribution < 1.29 is 47.7 Å². The second-order valence-electron chi connectivity index (χ2n) is 43.1. The van der Waals surface area contributed by atoms with Crippen LogP contribution in [-0.2, 0) is 130 Å². The van der Waals surface area contributed by atoms with E-state index < -0.39 is 11.6 Å². The Bertz CT molecular complexity index is 5310. The molecule has 8 aromatic carbocycles. The summed E-state index contributed by atoms with van der Waals surface area (Å²) in [6.45, 7) is 49.0. The van der Waals surface area contributed by atoms with Crippen LogP contribution in [0.4, 0.5) is 9.59 Å². The van der Waals surface area contributed by atoms with Gasteiger partial charge in [0.1, 0.15) is 8.64 Å². The molecular formula is C108H128N4O10S6. The number of thiocarbonyl (C=S) groups is 2. The number of amides is 6. The van der Waals surface area contributed by atoms with Gasteiger partial charge >= 0.3 is 0 Å². The minimum absolute atomic E-state index is 0.00685. The molecule has 6 amide bonds. The van der Waals surface area contributed by atoms with E-state index >= 15 is 0 Å². The lowest BCUT2D eigenvalue weighted by Gasteiger charge is -2.43. The number of rotatable bonds is 16. The summed E-state index contributed by atoms with van der Waals surface area (Å²) in [5.41, 5.74) is 26.4. The molecule has 0 aromatic heterocycles. The van der Waals surface area contributed by atoms with Crippen molar-refractivity contribution in [2.24, 2.45) is 0 Å². The number of imide groups is 2. The third-order valence-corrected chi connectivity index (χ3v) is 34.5.